The van der Waals surface area contributed by atoms with Gasteiger partial charge in [-0.25, -0.2) is 0 Å². The first-order chi connectivity index (χ1) is 15.9. The molecule has 1 aromatic rings. The Balaban J connectivity index is 1.16. The van der Waals surface area contributed by atoms with Gasteiger partial charge in [-0.15, -0.1) is 0 Å². The summed E-state index contributed by atoms with van der Waals surface area (Å²) in [7, 11) is 1.71. The lowest BCUT2D eigenvalue weighted by atomic mass is 9.99. The first kappa shape index (κ1) is 24.0. The number of nitrogens with zero attached hydrogens (tertiary/aromatic N) is 3. The molecule has 2 heterocycles. The Morgan fingerprint density at radius 1 is 1.06 bits per heavy atom. The molecule has 0 unspecified atom stereocenters. The molecule has 7 nitrogen and oxygen atoms in total. The highest BCUT2D eigenvalue weighted by Gasteiger charge is 2.63. The van der Waals surface area contributed by atoms with E-state index in [9.17, 15) is 9.59 Å². The van der Waals surface area contributed by atoms with E-state index in [4.69, 9.17) is 0 Å². The van der Waals surface area contributed by atoms with Gasteiger partial charge in [0.25, 0.3) is 0 Å². The number of rotatable bonds is 9. The summed E-state index contributed by atoms with van der Waals surface area (Å²) in [6.07, 6.45) is 2.71. The van der Waals surface area contributed by atoms with Crippen molar-refractivity contribution in [1.82, 2.24) is 20.4 Å². The molecule has 1 aliphatic carbocycles. The maximum absolute atomic E-state index is 12.8. The Hall–Kier alpha value is -2.12. The fourth-order valence-corrected chi connectivity index (χ4v) is 5.80. The van der Waals surface area contributed by atoms with Crippen LogP contribution < -0.4 is 15.5 Å². The van der Waals surface area contributed by atoms with Gasteiger partial charge in [0.05, 0.1) is 6.04 Å². The van der Waals surface area contributed by atoms with Gasteiger partial charge in [0.1, 0.15) is 0 Å². The van der Waals surface area contributed by atoms with Gasteiger partial charge in [0.2, 0.25) is 11.8 Å². The number of piperazine rings is 1. The molecule has 3 atom stereocenters. The van der Waals surface area contributed by atoms with Crippen molar-refractivity contribution in [3.05, 3.63) is 30.3 Å². The number of hydrogen-bond donors (Lipinski definition) is 2. The first-order valence-electron chi connectivity index (χ1n) is 12.7. The largest absolute Gasteiger partial charge is 0.369 e. The molecular weight excluding hydrogens is 414 g/mol. The van der Waals surface area contributed by atoms with Crippen LogP contribution in [0.3, 0.4) is 0 Å². The van der Waals surface area contributed by atoms with E-state index in [0.717, 1.165) is 71.6 Å². The molecule has 0 radical (unpaired) electrons. The van der Waals surface area contributed by atoms with Gasteiger partial charge in [-0.3, -0.25) is 19.4 Å². The molecule has 2 amide bonds. The molecule has 0 aromatic heterocycles. The van der Waals surface area contributed by atoms with Gasteiger partial charge < -0.3 is 15.5 Å². The molecule has 1 spiro atoms. The maximum atomic E-state index is 12.8. The molecule has 3 aliphatic rings. The Labute approximate surface area is 198 Å². The van der Waals surface area contributed by atoms with Crippen molar-refractivity contribution in [2.45, 2.75) is 39.2 Å². The lowest BCUT2D eigenvalue weighted by molar-refractivity contribution is -0.125. The lowest BCUT2D eigenvalue weighted by Crippen LogP contribution is -2.47. The fraction of sp³-hybridized carbons (Fsp3) is 0.692. The van der Waals surface area contributed by atoms with Crippen LogP contribution in [0.1, 0.15) is 33.1 Å². The van der Waals surface area contributed by atoms with Crippen molar-refractivity contribution in [3.63, 3.8) is 0 Å². The monoisotopic (exact) mass is 455 g/mol. The van der Waals surface area contributed by atoms with Crippen LogP contribution in [0.4, 0.5) is 5.69 Å². The third kappa shape index (κ3) is 5.69. The summed E-state index contributed by atoms with van der Waals surface area (Å²) in [5, 5.41) is 6.00. The van der Waals surface area contributed by atoms with Gasteiger partial charge in [-0.1, -0.05) is 32.0 Å². The Morgan fingerprint density at radius 3 is 2.45 bits per heavy atom. The zero-order valence-corrected chi connectivity index (χ0v) is 20.6. The minimum atomic E-state index is -0.0928. The second kappa shape index (κ2) is 10.4. The summed E-state index contributed by atoms with van der Waals surface area (Å²) in [5.41, 5.74) is 1.31. The Bertz CT molecular complexity index is 808. The molecule has 2 saturated heterocycles. The maximum Gasteiger partial charge on any atom is 0.237 e. The predicted molar refractivity (Wildman–Crippen MR) is 132 cm³/mol. The topological polar surface area (TPSA) is 67.9 Å². The summed E-state index contributed by atoms with van der Waals surface area (Å²) in [6, 6.07) is 10.5. The summed E-state index contributed by atoms with van der Waals surface area (Å²) in [6.45, 7) is 12.2. The number of anilines is 1. The molecular formula is C26H41N5O2. The number of benzene rings is 1. The van der Waals surface area contributed by atoms with Gasteiger partial charge in [0, 0.05) is 64.5 Å². The Morgan fingerprint density at radius 2 is 1.79 bits per heavy atom. The van der Waals surface area contributed by atoms with Crippen molar-refractivity contribution in [3.8, 4) is 0 Å². The second-order valence-electron chi connectivity index (χ2n) is 10.6. The number of amides is 2. The first-order valence-corrected chi connectivity index (χ1v) is 12.7. The van der Waals surface area contributed by atoms with Crippen LogP contribution in [0.5, 0.6) is 0 Å². The quantitative estimate of drug-likeness (QED) is 0.556. The average Bonchev–Trinajstić information content (AvgIpc) is 3.41. The summed E-state index contributed by atoms with van der Waals surface area (Å²) >= 11 is 0. The lowest BCUT2D eigenvalue weighted by Gasteiger charge is -2.36. The number of para-hydroxylation sites is 1. The SMILES string of the molecule is CNC(=O)[C@@H]1C[C@@]2(C[C@@H]2C(=O)NCCCN2CCN(c3ccccc3)CC2)CN1CC(C)C. The van der Waals surface area contributed by atoms with E-state index < -0.39 is 0 Å². The van der Waals surface area contributed by atoms with Crippen molar-refractivity contribution < 1.29 is 9.59 Å². The normalized spacial score (nSPS) is 27.8. The van der Waals surface area contributed by atoms with E-state index in [-0.39, 0.29) is 29.2 Å². The second-order valence-corrected chi connectivity index (χ2v) is 10.6. The van der Waals surface area contributed by atoms with Crippen molar-refractivity contribution >= 4 is 17.5 Å². The van der Waals surface area contributed by atoms with Crippen molar-refractivity contribution in [2.75, 3.05) is 64.3 Å². The van der Waals surface area contributed by atoms with Crippen LogP contribution in [-0.2, 0) is 9.59 Å². The zero-order valence-electron chi connectivity index (χ0n) is 20.6. The molecule has 2 aliphatic heterocycles. The molecule has 1 saturated carbocycles. The highest BCUT2D eigenvalue weighted by Crippen LogP contribution is 2.60. The molecule has 1 aromatic carbocycles. The van der Waals surface area contributed by atoms with Gasteiger partial charge in [-0.05, 0) is 49.3 Å². The third-order valence-corrected chi connectivity index (χ3v) is 7.66. The van der Waals surface area contributed by atoms with Gasteiger partial charge in [-0.2, -0.15) is 0 Å². The third-order valence-electron chi connectivity index (χ3n) is 7.66. The number of carbonyl (C=O) groups is 2. The predicted octanol–water partition coefficient (Wildman–Crippen LogP) is 1.80. The van der Waals surface area contributed by atoms with E-state index in [1.54, 1.807) is 7.05 Å². The van der Waals surface area contributed by atoms with Gasteiger partial charge in [0.15, 0.2) is 0 Å². The average molecular weight is 456 g/mol. The molecule has 4 rings (SSSR count). The smallest absolute Gasteiger partial charge is 0.237 e. The summed E-state index contributed by atoms with van der Waals surface area (Å²) in [5.74, 6) is 0.848. The van der Waals surface area contributed by atoms with Crippen LogP contribution >= 0.6 is 0 Å². The summed E-state index contributed by atoms with van der Waals surface area (Å²) in [4.78, 5) is 32.5. The summed E-state index contributed by atoms with van der Waals surface area (Å²) < 4.78 is 0. The van der Waals surface area contributed by atoms with Gasteiger partial charge >= 0.3 is 0 Å². The Kier molecular flexibility index (Phi) is 7.59. The number of nitrogens with one attached hydrogen (secondary N) is 2. The number of likely N-dealkylation sites (N-methyl/N-ethyl adjacent to an activating group) is 1. The molecule has 182 valence electrons. The molecule has 7 heteroatoms. The minimum Gasteiger partial charge on any atom is -0.369 e. The van der Waals surface area contributed by atoms with Crippen LogP contribution in [-0.4, -0.2) is 87.1 Å². The number of likely N-dealkylation sites (tertiary alicyclic amines) is 1. The van der Waals surface area contributed by atoms with Crippen molar-refractivity contribution in [1.29, 1.82) is 0 Å². The zero-order chi connectivity index (χ0) is 23.4. The van der Waals surface area contributed by atoms with E-state index in [1.165, 1.54) is 5.69 Å². The molecule has 3 fully saturated rings. The highest BCUT2D eigenvalue weighted by atomic mass is 16.2. The number of hydrogen-bond acceptors (Lipinski definition) is 5. The van der Waals surface area contributed by atoms with E-state index in [1.807, 2.05) is 0 Å². The highest BCUT2D eigenvalue weighted by molar-refractivity contribution is 5.85. The van der Waals surface area contributed by atoms with Crippen LogP contribution in [0.15, 0.2) is 30.3 Å². The molecule has 33 heavy (non-hydrogen) atoms. The van der Waals surface area contributed by atoms with Crippen molar-refractivity contribution in [2.24, 2.45) is 17.3 Å². The van der Waals surface area contributed by atoms with E-state index in [0.29, 0.717) is 5.92 Å². The minimum absolute atomic E-state index is 0.00389. The van der Waals surface area contributed by atoms with Crippen LogP contribution in [0.2, 0.25) is 0 Å². The number of carbonyl (C=O) groups excluding carboxylic acids is 2. The van der Waals surface area contributed by atoms with E-state index >= 15 is 0 Å². The van der Waals surface area contributed by atoms with Crippen LogP contribution in [0.25, 0.3) is 0 Å². The van der Waals surface area contributed by atoms with Crippen LogP contribution in [0, 0.1) is 17.3 Å². The molecule has 0 bridgehead atoms. The van der Waals surface area contributed by atoms with E-state index in [2.05, 4.69) is 69.5 Å². The fourth-order valence-electron chi connectivity index (χ4n) is 5.80. The standard InChI is InChI=1S/C26H41N5O2/c1-20(2)18-31-19-26(17-23(31)25(33)27-3)16-22(26)24(32)28-10-7-11-29-12-14-30(15-13-29)21-8-5-4-6-9-21/h4-6,8-9,20,22-23H,7,10-19H2,1-3H3,(H,27,33)(H,28,32)/t22-,23+,26+/m1/s1. The molecule has 2 N–H and O–H groups in total.